The molecule has 0 fully saturated rings. The molecule has 0 aliphatic heterocycles. The van der Waals surface area contributed by atoms with Gasteiger partial charge in [0.1, 0.15) is 0 Å². The van der Waals surface area contributed by atoms with Crippen molar-refractivity contribution in [3.05, 3.63) is 60.8 Å². The van der Waals surface area contributed by atoms with Gasteiger partial charge in [-0.3, -0.25) is 4.79 Å². The van der Waals surface area contributed by atoms with Gasteiger partial charge in [-0.1, -0.05) is 73.6 Å². The van der Waals surface area contributed by atoms with Crippen molar-refractivity contribution in [2.24, 2.45) is 0 Å². The van der Waals surface area contributed by atoms with Gasteiger partial charge in [0.25, 0.3) is 0 Å². The molecule has 2 nitrogen and oxygen atoms in total. The van der Waals surface area contributed by atoms with E-state index in [9.17, 15) is 4.79 Å². The molecule has 0 radical (unpaired) electrons. The summed E-state index contributed by atoms with van der Waals surface area (Å²) in [4.78, 5) is 10.9. The molecule has 0 amide bonds. The van der Waals surface area contributed by atoms with Crippen LogP contribution < -0.4 is 0 Å². The first-order chi connectivity index (χ1) is 10.3. The van der Waals surface area contributed by atoms with Crippen molar-refractivity contribution in [3.8, 4) is 0 Å². The number of ether oxygens (including phenoxy) is 1. The van der Waals surface area contributed by atoms with Crippen LogP contribution in [0.5, 0.6) is 0 Å². The van der Waals surface area contributed by atoms with Crippen LogP contribution >= 0.6 is 0 Å². The van der Waals surface area contributed by atoms with Crippen LogP contribution in [-0.4, -0.2) is 13.1 Å². The Bertz CT molecular complexity index is 384. The van der Waals surface area contributed by atoms with Gasteiger partial charge in [0.2, 0.25) is 0 Å². The minimum atomic E-state index is -0.103. The molecule has 0 rings (SSSR count). The quantitative estimate of drug-likeness (QED) is 0.293. The summed E-state index contributed by atoms with van der Waals surface area (Å²) in [7, 11) is 1.44. The van der Waals surface area contributed by atoms with Gasteiger partial charge in [-0.15, -0.1) is 0 Å². The van der Waals surface area contributed by atoms with E-state index in [-0.39, 0.29) is 5.97 Å². The molecule has 0 saturated heterocycles. The lowest BCUT2D eigenvalue weighted by atomic mass is 10.1. The van der Waals surface area contributed by atoms with Gasteiger partial charge < -0.3 is 4.74 Å². The molecule has 0 unspecified atom stereocenters. The predicted molar refractivity (Wildman–Crippen MR) is 91.1 cm³/mol. The van der Waals surface area contributed by atoms with Gasteiger partial charge in [0.05, 0.1) is 7.11 Å². The Balaban J connectivity index is 3.45. The van der Waals surface area contributed by atoms with Crippen LogP contribution in [0, 0.1) is 0 Å². The second-order valence-corrected chi connectivity index (χ2v) is 4.64. The summed E-state index contributed by atoms with van der Waals surface area (Å²) >= 11 is 0. The summed E-state index contributed by atoms with van der Waals surface area (Å²) < 4.78 is 4.60. The average molecular weight is 288 g/mol. The highest BCUT2D eigenvalue weighted by atomic mass is 16.5. The van der Waals surface area contributed by atoms with Crippen LogP contribution in [0.25, 0.3) is 0 Å². The molecule has 2 heteroatoms. The highest BCUT2D eigenvalue weighted by Crippen LogP contribution is 2.06. The molecule has 0 atom stereocenters. The number of esters is 1. The zero-order valence-electron chi connectivity index (χ0n) is 13.3. The van der Waals surface area contributed by atoms with Crippen molar-refractivity contribution >= 4 is 5.97 Å². The number of methoxy groups -OCH3 is 1. The minimum absolute atomic E-state index is 0.103. The number of carbonyl (C=O) groups is 1. The average Bonchev–Trinajstić information content (AvgIpc) is 2.50. The van der Waals surface area contributed by atoms with Crippen LogP contribution in [0.2, 0.25) is 0 Å². The molecular weight excluding hydrogens is 260 g/mol. The summed E-state index contributed by atoms with van der Waals surface area (Å²) in [6.07, 6.45) is 26.3. The maximum atomic E-state index is 10.9. The second kappa shape index (κ2) is 16.2. The van der Waals surface area contributed by atoms with E-state index >= 15 is 0 Å². The van der Waals surface area contributed by atoms with E-state index in [1.807, 2.05) is 55.5 Å². The summed E-state index contributed by atoms with van der Waals surface area (Å²) in [6, 6.07) is 0. The monoisotopic (exact) mass is 288 g/mol. The van der Waals surface area contributed by atoms with Gasteiger partial charge in [-0.05, 0) is 26.2 Å². The van der Waals surface area contributed by atoms with Crippen molar-refractivity contribution in [2.45, 2.75) is 45.4 Å². The van der Waals surface area contributed by atoms with E-state index < -0.39 is 0 Å². The summed E-state index contributed by atoms with van der Waals surface area (Å²) in [5, 5.41) is 0. The third-order valence-corrected chi connectivity index (χ3v) is 2.84. The Kier molecular flexibility index (Phi) is 14.8. The van der Waals surface area contributed by atoms with Crippen LogP contribution in [0.4, 0.5) is 0 Å². The first kappa shape index (κ1) is 19.2. The fourth-order valence-corrected chi connectivity index (χ4v) is 1.66. The molecule has 0 aromatic rings. The predicted octanol–water partition coefficient (Wildman–Crippen LogP) is 5.30. The highest BCUT2D eigenvalue weighted by molar-refractivity contribution is 5.68. The zero-order chi connectivity index (χ0) is 15.6. The van der Waals surface area contributed by atoms with E-state index in [1.54, 1.807) is 0 Å². The topological polar surface area (TPSA) is 26.3 Å². The lowest BCUT2D eigenvalue weighted by Crippen LogP contribution is -1.98. The second-order valence-electron chi connectivity index (χ2n) is 4.64. The largest absolute Gasteiger partial charge is 0.469 e. The van der Waals surface area contributed by atoms with Crippen LogP contribution in [-0.2, 0) is 9.53 Å². The molecule has 0 N–H and O–H groups in total. The fourth-order valence-electron chi connectivity index (χ4n) is 1.66. The van der Waals surface area contributed by atoms with Gasteiger partial charge >= 0.3 is 5.97 Å². The van der Waals surface area contributed by atoms with Gasteiger partial charge in [-0.2, -0.15) is 0 Å². The van der Waals surface area contributed by atoms with E-state index in [0.717, 1.165) is 19.3 Å². The highest BCUT2D eigenvalue weighted by Gasteiger charge is 1.98. The normalized spacial score (nSPS) is 12.7. The first-order valence-corrected chi connectivity index (χ1v) is 7.66. The summed E-state index contributed by atoms with van der Waals surface area (Å²) in [5.74, 6) is -0.103. The van der Waals surface area contributed by atoms with Crippen molar-refractivity contribution in [1.29, 1.82) is 0 Å². The molecule has 0 aromatic heterocycles. The standard InChI is InChI=1S/C19H28O2/c1-3-4-5-6-7-8-9-10-11-12-13-14-15-16-17-18-19(20)21-2/h3-12H,13-18H2,1-2H3/b4-3+,6-5+,8-7+,10-9-,12-11-. The number of allylic oxidation sites excluding steroid dienone is 10. The molecule has 0 aliphatic rings. The Morgan fingerprint density at radius 1 is 0.810 bits per heavy atom. The SMILES string of the molecule is C/C=C/C=C/C=C/C=C\C=C/CCCCCCC(=O)OC. The third-order valence-electron chi connectivity index (χ3n) is 2.84. The van der Waals surface area contributed by atoms with Crippen molar-refractivity contribution in [1.82, 2.24) is 0 Å². The molecular formula is C19H28O2. The Labute approximate surface area is 129 Å². The van der Waals surface area contributed by atoms with Crippen LogP contribution in [0.15, 0.2) is 60.8 Å². The Morgan fingerprint density at radius 3 is 2.00 bits per heavy atom. The fraction of sp³-hybridized carbons (Fsp3) is 0.421. The molecule has 0 aromatic carbocycles. The molecule has 0 saturated carbocycles. The molecule has 0 aliphatic carbocycles. The molecule has 0 heterocycles. The van der Waals surface area contributed by atoms with E-state index in [2.05, 4.69) is 16.9 Å². The first-order valence-electron chi connectivity index (χ1n) is 7.66. The smallest absolute Gasteiger partial charge is 0.305 e. The number of carbonyl (C=O) groups excluding carboxylic acids is 1. The minimum Gasteiger partial charge on any atom is -0.469 e. The van der Waals surface area contributed by atoms with Crippen molar-refractivity contribution < 1.29 is 9.53 Å². The van der Waals surface area contributed by atoms with Crippen molar-refractivity contribution in [3.63, 3.8) is 0 Å². The maximum absolute atomic E-state index is 10.9. The van der Waals surface area contributed by atoms with Gasteiger partial charge in [0, 0.05) is 6.42 Å². The lowest BCUT2D eigenvalue weighted by Gasteiger charge is -1.98. The molecule has 0 spiro atoms. The Hall–Kier alpha value is -1.83. The number of hydrogen-bond acceptors (Lipinski definition) is 2. The summed E-state index contributed by atoms with van der Waals surface area (Å²) in [5.41, 5.74) is 0. The van der Waals surface area contributed by atoms with Crippen LogP contribution in [0.1, 0.15) is 45.4 Å². The summed E-state index contributed by atoms with van der Waals surface area (Å²) in [6.45, 7) is 2.00. The van der Waals surface area contributed by atoms with Gasteiger partial charge in [-0.25, -0.2) is 0 Å². The number of rotatable bonds is 11. The van der Waals surface area contributed by atoms with E-state index in [1.165, 1.54) is 20.0 Å². The van der Waals surface area contributed by atoms with Crippen molar-refractivity contribution in [2.75, 3.05) is 7.11 Å². The van der Waals surface area contributed by atoms with Crippen LogP contribution in [0.3, 0.4) is 0 Å². The third kappa shape index (κ3) is 16.1. The number of hydrogen-bond donors (Lipinski definition) is 0. The van der Waals surface area contributed by atoms with E-state index in [4.69, 9.17) is 0 Å². The lowest BCUT2D eigenvalue weighted by molar-refractivity contribution is -0.140. The maximum Gasteiger partial charge on any atom is 0.305 e. The van der Waals surface area contributed by atoms with E-state index in [0.29, 0.717) is 6.42 Å². The zero-order valence-corrected chi connectivity index (χ0v) is 13.3. The van der Waals surface area contributed by atoms with Gasteiger partial charge in [0.15, 0.2) is 0 Å². The number of unbranched alkanes of at least 4 members (excludes halogenated alkanes) is 4. The molecule has 116 valence electrons. The molecule has 21 heavy (non-hydrogen) atoms. The molecule has 0 bridgehead atoms. The Morgan fingerprint density at radius 2 is 1.38 bits per heavy atom.